The molecular formula is C13H19N3O2. The Hall–Kier alpha value is -1.62. The second-order valence-electron chi connectivity index (χ2n) is 4.59. The second kappa shape index (κ2) is 5.82. The second-order valence-corrected chi connectivity index (χ2v) is 4.59. The van der Waals surface area contributed by atoms with E-state index in [1.54, 1.807) is 16.8 Å². The third-order valence-electron chi connectivity index (χ3n) is 3.09. The lowest BCUT2D eigenvalue weighted by atomic mass is 10.2. The molecule has 1 aliphatic heterocycles. The fraction of sp³-hybridized carbons (Fsp3) is 0.538. The van der Waals surface area contributed by atoms with Crippen LogP contribution in [0.3, 0.4) is 0 Å². The highest BCUT2D eigenvalue weighted by Crippen LogP contribution is 2.09. The van der Waals surface area contributed by atoms with E-state index < -0.39 is 0 Å². The number of amides is 1. The molecule has 0 spiro atoms. The van der Waals surface area contributed by atoms with Crippen LogP contribution >= 0.6 is 0 Å². The normalized spacial score (nSPS) is 18.8. The van der Waals surface area contributed by atoms with E-state index >= 15 is 0 Å². The molecular weight excluding hydrogens is 230 g/mol. The maximum Gasteiger partial charge on any atom is 0.250 e. The van der Waals surface area contributed by atoms with E-state index in [0.29, 0.717) is 12.2 Å². The van der Waals surface area contributed by atoms with E-state index in [4.69, 9.17) is 0 Å². The molecule has 0 radical (unpaired) electrons. The van der Waals surface area contributed by atoms with Crippen molar-refractivity contribution in [3.8, 4) is 0 Å². The first-order chi connectivity index (χ1) is 8.70. The van der Waals surface area contributed by atoms with Gasteiger partial charge in [-0.2, -0.15) is 0 Å². The summed E-state index contributed by atoms with van der Waals surface area (Å²) in [5, 5.41) is 6.00. The number of hydrogen-bond acceptors (Lipinski definition) is 3. The first-order valence-electron chi connectivity index (χ1n) is 6.45. The molecule has 2 rings (SSSR count). The van der Waals surface area contributed by atoms with Crippen LogP contribution in [0.5, 0.6) is 0 Å². The van der Waals surface area contributed by atoms with E-state index in [1.165, 1.54) is 6.07 Å². The molecule has 1 aliphatic rings. The highest BCUT2D eigenvalue weighted by atomic mass is 16.2. The zero-order valence-electron chi connectivity index (χ0n) is 10.6. The van der Waals surface area contributed by atoms with Gasteiger partial charge in [-0.3, -0.25) is 9.59 Å². The average molecular weight is 249 g/mol. The third-order valence-corrected chi connectivity index (χ3v) is 3.09. The van der Waals surface area contributed by atoms with Crippen molar-refractivity contribution >= 4 is 11.6 Å². The van der Waals surface area contributed by atoms with E-state index in [2.05, 4.69) is 10.6 Å². The molecule has 2 heterocycles. The molecule has 98 valence electrons. The number of nitrogens with zero attached hydrogens (tertiary/aromatic N) is 1. The minimum Gasteiger partial charge on any atom is -0.323 e. The van der Waals surface area contributed by atoms with Crippen LogP contribution in [0.4, 0.5) is 5.69 Å². The first-order valence-corrected chi connectivity index (χ1v) is 6.45. The van der Waals surface area contributed by atoms with Gasteiger partial charge in [-0.25, -0.2) is 0 Å². The van der Waals surface area contributed by atoms with Crippen molar-refractivity contribution in [1.82, 2.24) is 9.88 Å². The van der Waals surface area contributed by atoms with Gasteiger partial charge in [0.2, 0.25) is 5.91 Å². The van der Waals surface area contributed by atoms with Crippen LogP contribution in [0.15, 0.2) is 23.1 Å². The zero-order valence-corrected chi connectivity index (χ0v) is 10.6. The van der Waals surface area contributed by atoms with Crippen molar-refractivity contribution in [3.05, 3.63) is 28.7 Å². The topological polar surface area (TPSA) is 63.1 Å². The maximum absolute atomic E-state index is 11.9. The summed E-state index contributed by atoms with van der Waals surface area (Å²) in [5.74, 6) is -0.0193. The molecule has 0 bridgehead atoms. The van der Waals surface area contributed by atoms with Crippen molar-refractivity contribution < 1.29 is 4.79 Å². The van der Waals surface area contributed by atoms with E-state index in [1.807, 2.05) is 6.92 Å². The van der Waals surface area contributed by atoms with Gasteiger partial charge in [-0.15, -0.1) is 0 Å². The summed E-state index contributed by atoms with van der Waals surface area (Å²) in [6.45, 7) is 3.58. The number of carbonyl (C=O) groups is 1. The van der Waals surface area contributed by atoms with Crippen molar-refractivity contribution in [2.45, 2.75) is 38.8 Å². The lowest BCUT2D eigenvalue weighted by Gasteiger charge is -2.12. The molecule has 0 saturated carbocycles. The maximum atomic E-state index is 11.9. The summed E-state index contributed by atoms with van der Waals surface area (Å²) in [7, 11) is 0. The molecule has 1 fully saturated rings. The van der Waals surface area contributed by atoms with Gasteiger partial charge in [0.15, 0.2) is 0 Å². The molecule has 1 aromatic rings. The Kier molecular flexibility index (Phi) is 4.15. The molecule has 1 aromatic heterocycles. The van der Waals surface area contributed by atoms with Crippen LogP contribution in [0.2, 0.25) is 0 Å². The number of anilines is 1. The summed E-state index contributed by atoms with van der Waals surface area (Å²) in [5.41, 5.74) is 0.649. The Morgan fingerprint density at radius 3 is 3.06 bits per heavy atom. The Morgan fingerprint density at radius 2 is 2.39 bits per heavy atom. The Bertz CT molecular complexity index is 475. The van der Waals surface area contributed by atoms with Crippen molar-refractivity contribution in [2.24, 2.45) is 0 Å². The lowest BCUT2D eigenvalue weighted by molar-refractivity contribution is -0.117. The number of rotatable bonds is 4. The lowest BCUT2D eigenvalue weighted by Crippen LogP contribution is -2.35. The van der Waals surface area contributed by atoms with E-state index in [9.17, 15) is 9.59 Å². The van der Waals surface area contributed by atoms with Gasteiger partial charge in [-0.05, 0) is 31.9 Å². The number of aromatic nitrogens is 1. The zero-order chi connectivity index (χ0) is 13.0. The number of pyridine rings is 1. The highest BCUT2D eigenvalue weighted by Gasteiger charge is 2.21. The summed E-state index contributed by atoms with van der Waals surface area (Å²) in [6, 6.07) is 3.05. The third kappa shape index (κ3) is 2.98. The smallest absolute Gasteiger partial charge is 0.250 e. The van der Waals surface area contributed by atoms with Crippen LogP contribution in [0.1, 0.15) is 26.2 Å². The number of nitrogens with one attached hydrogen (secondary N) is 2. The van der Waals surface area contributed by atoms with Crippen LogP contribution < -0.4 is 16.2 Å². The Labute approximate surface area is 106 Å². The van der Waals surface area contributed by atoms with Gasteiger partial charge < -0.3 is 15.2 Å². The minimum absolute atomic E-state index is 0.0193. The van der Waals surface area contributed by atoms with Gasteiger partial charge in [0.25, 0.3) is 5.56 Å². The predicted molar refractivity (Wildman–Crippen MR) is 70.6 cm³/mol. The first kappa shape index (κ1) is 12.8. The fourth-order valence-corrected chi connectivity index (χ4v) is 2.16. The monoisotopic (exact) mass is 249 g/mol. The van der Waals surface area contributed by atoms with E-state index in [0.717, 1.165) is 25.8 Å². The molecule has 5 nitrogen and oxygen atoms in total. The fourth-order valence-electron chi connectivity index (χ4n) is 2.16. The number of carbonyl (C=O) groups excluding carboxylic acids is 1. The SMILES string of the molecule is CCCn1cc(NC(=O)[C@H]2CCCN2)ccc1=O. The number of aryl methyl sites for hydroxylation is 1. The average Bonchev–Trinajstić information content (AvgIpc) is 2.87. The Balaban J connectivity index is 2.06. The Morgan fingerprint density at radius 1 is 1.56 bits per heavy atom. The van der Waals surface area contributed by atoms with Crippen LogP contribution in [0, 0.1) is 0 Å². The highest BCUT2D eigenvalue weighted by molar-refractivity contribution is 5.94. The molecule has 1 amide bonds. The molecule has 1 saturated heterocycles. The quantitative estimate of drug-likeness (QED) is 0.835. The summed E-state index contributed by atoms with van der Waals surface area (Å²) in [6.07, 6.45) is 4.51. The summed E-state index contributed by atoms with van der Waals surface area (Å²) >= 11 is 0. The molecule has 0 unspecified atom stereocenters. The van der Waals surface area contributed by atoms with Gasteiger partial charge in [0.1, 0.15) is 0 Å². The van der Waals surface area contributed by atoms with Crippen LogP contribution in [-0.4, -0.2) is 23.1 Å². The molecule has 18 heavy (non-hydrogen) atoms. The minimum atomic E-state index is -0.100. The number of hydrogen-bond donors (Lipinski definition) is 2. The largest absolute Gasteiger partial charge is 0.323 e. The van der Waals surface area contributed by atoms with Gasteiger partial charge >= 0.3 is 0 Å². The van der Waals surface area contributed by atoms with Crippen molar-refractivity contribution in [2.75, 3.05) is 11.9 Å². The van der Waals surface area contributed by atoms with Crippen molar-refractivity contribution in [3.63, 3.8) is 0 Å². The molecule has 5 heteroatoms. The molecule has 0 aliphatic carbocycles. The molecule has 1 atom stereocenters. The van der Waals surface area contributed by atoms with Gasteiger partial charge in [-0.1, -0.05) is 6.92 Å². The summed E-state index contributed by atoms with van der Waals surface area (Å²) in [4.78, 5) is 23.4. The van der Waals surface area contributed by atoms with Crippen molar-refractivity contribution in [1.29, 1.82) is 0 Å². The van der Waals surface area contributed by atoms with Gasteiger partial charge in [0.05, 0.1) is 11.7 Å². The molecule has 0 aromatic carbocycles. The van der Waals surface area contributed by atoms with Gasteiger partial charge in [0, 0.05) is 18.8 Å². The van der Waals surface area contributed by atoms with E-state index in [-0.39, 0.29) is 17.5 Å². The summed E-state index contributed by atoms with van der Waals surface area (Å²) < 4.78 is 1.62. The standard InChI is InChI=1S/C13H19N3O2/c1-2-8-16-9-10(5-6-12(16)17)15-13(18)11-4-3-7-14-11/h5-6,9,11,14H,2-4,7-8H2,1H3,(H,15,18)/t11-/m1/s1. The predicted octanol–water partition coefficient (Wildman–Crippen LogP) is 0.949. The molecule has 2 N–H and O–H groups in total. The van der Waals surface area contributed by atoms with Crippen LogP contribution in [0.25, 0.3) is 0 Å². The van der Waals surface area contributed by atoms with Crippen LogP contribution in [-0.2, 0) is 11.3 Å².